The summed E-state index contributed by atoms with van der Waals surface area (Å²) in [6.07, 6.45) is 2.39. The third-order valence-corrected chi connectivity index (χ3v) is 8.23. The minimum absolute atomic E-state index is 0.143. The van der Waals surface area contributed by atoms with Crippen molar-refractivity contribution in [2.75, 3.05) is 6.61 Å². The van der Waals surface area contributed by atoms with Gasteiger partial charge >= 0.3 is 11.9 Å². The lowest BCUT2D eigenvalue weighted by Crippen LogP contribution is -2.53. The van der Waals surface area contributed by atoms with Crippen molar-refractivity contribution < 1.29 is 28.5 Å². The van der Waals surface area contributed by atoms with E-state index in [-0.39, 0.29) is 12.0 Å². The Bertz CT molecular complexity index is 1170. The first-order valence-corrected chi connectivity index (χ1v) is 13.7. The van der Waals surface area contributed by atoms with Crippen LogP contribution in [0.2, 0.25) is 5.02 Å². The fourth-order valence-electron chi connectivity index (χ4n) is 5.82. The molecule has 0 unspecified atom stereocenters. The zero-order chi connectivity index (χ0) is 26.3. The van der Waals surface area contributed by atoms with Crippen LogP contribution < -0.4 is 4.74 Å². The van der Waals surface area contributed by atoms with Gasteiger partial charge in [0.15, 0.2) is 6.10 Å². The molecule has 0 radical (unpaired) electrons. The average molecular weight is 527 g/mol. The number of fused-ring (bicyclic) bond motifs is 1. The summed E-state index contributed by atoms with van der Waals surface area (Å²) in [5.74, 6) is 0.374. The highest BCUT2D eigenvalue weighted by Crippen LogP contribution is 2.47. The minimum atomic E-state index is -0.782. The molecule has 5 atom stereocenters. The van der Waals surface area contributed by atoms with E-state index in [1.165, 1.54) is 32.3 Å². The van der Waals surface area contributed by atoms with Gasteiger partial charge in [-0.3, -0.25) is 9.59 Å². The number of carbonyl (C=O) groups is 2. The van der Waals surface area contributed by atoms with Gasteiger partial charge in [-0.15, -0.1) is 0 Å². The highest BCUT2D eigenvalue weighted by molar-refractivity contribution is 6.33. The molecule has 2 aromatic rings. The Kier molecular flexibility index (Phi) is 7.51. The van der Waals surface area contributed by atoms with Gasteiger partial charge in [0.05, 0.1) is 17.7 Å². The predicted octanol–water partition coefficient (Wildman–Crippen LogP) is 6.09. The highest BCUT2D eigenvalue weighted by atomic mass is 35.5. The van der Waals surface area contributed by atoms with Crippen LogP contribution >= 0.6 is 11.6 Å². The Morgan fingerprint density at radius 2 is 1.73 bits per heavy atom. The third-order valence-electron chi connectivity index (χ3n) is 7.82. The number of esters is 2. The Morgan fingerprint density at radius 1 is 1.05 bits per heavy atom. The molecule has 0 amide bonds. The SMILES string of the molecule is CC[C@H]1O[C@@H](c2cc(Cc3ccc(C4CC4)cc3)c(Cl)c3c2CCO3)[C@H](OC(C)=O)[C@@H](OC(C)=O)[C@@H]1C. The van der Waals surface area contributed by atoms with Gasteiger partial charge in [0.2, 0.25) is 0 Å². The monoisotopic (exact) mass is 526 g/mol. The molecule has 3 aliphatic rings. The quantitative estimate of drug-likeness (QED) is 0.406. The second kappa shape index (κ2) is 10.7. The van der Waals surface area contributed by atoms with Crippen LogP contribution in [0.4, 0.5) is 0 Å². The average Bonchev–Trinajstić information content (AvgIpc) is 3.59. The van der Waals surface area contributed by atoms with Crippen molar-refractivity contribution in [2.45, 2.75) is 90.1 Å². The van der Waals surface area contributed by atoms with Crippen LogP contribution in [-0.4, -0.2) is 36.9 Å². The van der Waals surface area contributed by atoms with Crippen LogP contribution in [0.25, 0.3) is 0 Å². The largest absolute Gasteiger partial charge is 0.491 e. The summed E-state index contributed by atoms with van der Waals surface area (Å²) >= 11 is 6.88. The molecule has 37 heavy (non-hydrogen) atoms. The smallest absolute Gasteiger partial charge is 0.303 e. The van der Waals surface area contributed by atoms with E-state index in [1.54, 1.807) is 0 Å². The molecule has 1 saturated heterocycles. The first-order chi connectivity index (χ1) is 17.8. The van der Waals surface area contributed by atoms with Gasteiger partial charge < -0.3 is 18.9 Å². The maximum atomic E-state index is 12.2. The van der Waals surface area contributed by atoms with Crippen LogP contribution in [-0.2, 0) is 36.6 Å². The zero-order valence-corrected chi connectivity index (χ0v) is 22.7. The molecule has 2 aromatic carbocycles. The van der Waals surface area contributed by atoms with Crippen molar-refractivity contribution in [3.63, 3.8) is 0 Å². The third kappa shape index (κ3) is 5.37. The number of ether oxygens (including phenoxy) is 4. The fraction of sp³-hybridized carbons (Fsp3) is 0.533. The van der Waals surface area contributed by atoms with Crippen molar-refractivity contribution in [3.05, 3.63) is 63.2 Å². The van der Waals surface area contributed by atoms with E-state index in [0.717, 1.165) is 28.7 Å². The molecule has 0 bridgehead atoms. The molecule has 0 N–H and O–H groups in total. The van der Waals surface area contributed by atoms with Gasteiger partial charge in [-0.25, -0.2) is 0 Å². The Labute approximate surface area is 223 Å². The Morgan fingerprint density at radius 3 is 2.35 bits per heavy atom. The number of benzene rings is 2. The summed E-state index contributed by atoms with van der Waals surface area (Å²) in [6, 6.07) is 10.8. The van der Waals surface area contributed by atoms with Crippen molar-refractivity contribution in [1.29, 1.82) is 0 Å². The van der Waals surface area contributed by atoms with Crippen LogP contribution in [0, 0.1) is 5.92 Å². The maximum Gasteiger partial charge on any atom is 0.303 e. The second-order valence-electron chi connectivity index (χ2n) is 10.5. The highest BCUT2D eigenvalue weighted by Gasteiger charge is 2.49. The summed E-state index contributed by atoms with van der Waals surface area (Å²) in [5, 5.41) is 0.610. The number of rotatable bonds is 7. The van der Waals surface area contributed by atoms with E-state index in [0.29, 0.717) is 36.1 Å². The summed E-state index contributed by atoms with van der Waals surface area (Å²) in [5.41, 5.74) is 5.33. The zero-order valence-electron chi connectivity index (χ0n) is 21.9. The van der Waals surface area contributed by atoms with Crippen LogP contribution in [0.3, 0.4) is 0 Å². The molecule has 1 saturated carbocycles. The molecule has 2 aliphatic heterocycles. The first kappa shape index (κ1) is 26.1. The van der Waals surface area contributed by atoms with Crippen molar-refractivity contribution in [3.8, 4) is 5.75 Å². The number of carbonyl (C=O) groups excluding carboxylic acids is 2. The lowest BCUT2D eigenvalue weighted by molar-refractivity contribution is -0.225. The molecule has 0 spiro atoms. The van der Waals surface area contributed by atoms with E-state index in [4.69, 9.17) is 30.5 Å². The van der Waals surface area contributed by atoms with Gasteiger partial charge in [0.25, 0.3) is 0 Å². The lowest BCUT2D eigenvalue weighted by Gasteiger charge is -2.45. The molecule has 7 heteroatoms. The summed E-state index contributed by atoms with van der Waals surface area (Å²) < 4.78 is 24.2. The topological polar surface area (TPSA) is 71.1 Å². The molecule has 2 heterocycles. The molecular weight excluding hydrogens is 492 g/mol. The van der Waals surface area contributed by atoms with Crippen molar-refractivity contribution >= 4 is 23.5 Å². The molecule has 5 rings (SSSR count). The van der Waals surface area contributed by atoms with Gasteiger partial charge in [-0.05, 0) is 53.9 Å². The molecule has 0 aromatic heterocycles. The number of hydrogen-bond donors (Lipinski definition) is 0. The van der Waals surface area contributed by atoms with Gasteiger partial charge in [-0.2, -0.15) is 0 Å². The van der Waals surface area contributed by atoms with Gasteiger partial charge in [0.1, 0.15) is 18.0 Å². The van der Waals surface area contributed by atoms with Gasteiger partial charge in [0, 0.05) is 31.7 Å². The molecule has 198 valence electrons. The minimum Gasteiger partial charge on any atom is -0.491 e. The summed E-state index contributed by atoms with van der Waals surface area (Å²) in [4.78, 5) is 24.2. The molecule has 1 aliphatic carbocycles. The van der Waals surface area contributed by atoms with Crippen molar-refractivity contribution in [1.82, 2.24) is 0 Å². The standard InChI is InChI=1S/C30H35ClO6/c1-5-25-16(2)27(35-17(3)32)30(36-18(4)33)29(37-25)24-15-22(26(31)28-23(24)12-13-34-28)14-19-6-8-20(9-7-19)21-10-11-21/h6-9,15-16,21,25,27,29-30H,5,10-14H2,1-4H3/t16-,25-,27+,29+,30-/m1/s1. The van der Waals surface area contributed by atoms with Crippen LogP contribution in [0.15, 0.2) is 30.3 Å². The van der Waals surface area contributed by atoms with Crippen LogP contribution in [0.1, 0.15) is 86.8 Å². The van der Waals surface area contributed by atoms with E-state index >= 15 is 0 Å². The number of halogens is 1. The predicted molar refractivity (Wildman–Crippen MR) is 140 cm³/mol. The first-order valence-electron chi connectivity index (χ1n) is 13.3. The second-order valence-corrected chi connectivity index (χ2v) is 10.9. The normalized spacial score (nSPS) is 26.8. The van der Waals surface area contributed by atoms with Crippen molar-refractivity contribution in [2.24, 2.45) is 5.92 Å². The number of hydrogen-bond acceptors (Lipinski definition) is 6. The van der Waals surface area contributed by atoms with E-state index < -0.39 is 30.3 Å². The van der Waals surface area contributed by atoms with Gasteiger partial charge in [-0.1, -0.05) is 55.8 Å². The Hall–Kier alpha value is -2.57. The van der Waals surface area contributed by atoms with E-state index in [9.17, 15) is 9.59 Å². The maximum absolute atomic E-state index is 12.2. The summed E-state index contributed by atoms with van der Waals surface area (Å²) in [7, 11) is 0. The lowest BCUT2D eigenvalue weighted by atomic mass is 9.82. The molecule has 2 fully saturated rings. The molecule has 6 nitrogen and oxygen atoms in total. The fourth-order valence-corrected chi connectivity index (χ4v) is 6.11. The van der Waals surface area contributed by atoms with Crippen LogP contribution in [0.5, 0.6) is 5.75 Å². The van der Waals surface area contributed by atoms with E-state index in [1.807, 2.05) is 13.8 Å². The van der Waals surface area contributed by atoms with E-state index in [2.05, 4.69) is 30.3 Å². The summed E-state index contributed by atoms with van der Waals surface area (Å²) in [6.45, 7) is 7.28. The Balaban J connectivity index is 1.55. The molecular formula is C30H35ClO6.